The van der Waals surface area contributed by atoms with E-state index in [-0.39, 0.29) is 5.43 Å². The molecular formula is C27H23N3OS. The first-order valence-electron chi connectivity index (χ1n) is 10.7. The summed E-state index contributed by atoms with van der Waals surface area (Å²) in [6, 6.07) is 24.1. The second-order valence-corrected chi connectivity index (χ2v) is 8.64. The van der Waals surface area contributed by atoms with Crippen molar-refractivity contribution in [2.24, 2.45) is 0 Å². The minimum absolute atomic E-state index is 0.0396. The Hall–Kier alpha value is -3.57. The molecule has 4 aromatic rings. The molecule has 0 saturated heterocycles. The lowest BCUT2D eigenvalue weighted by Crippen LogP contribution is -2.14. The molecule has 4 nitrogen and oxygen atoms in total. The van der Waals surface area contributed by atoms with Crippen LogP contribution in [0.5, 0.6) is 0 Å². The molecule has 2 aromatic heterocycles. The third kappa shape index (κ3) is 4.39. The molecule has 0 atom stereocenters. The van der Waals surface area contributed by atoms with E-state index in [9.17, 15) is 4.79 Å². The maximum atomic E-state index is 13.0. The molecule has 0 unspecified atom stereocenters. The van der Waals surface area contributed by atoms with Crippen molar-refractivity contribution in [2.75, 3.05) is 5.32 Å². The lowest BCUT2D eigenvalue weighted by atomic mass is 10.1. The largest absolute Gasteiger partial charge is 0.342 e. The number of pyridine rings is 2. The van der Waals surface area contributed by atoms with Gasteiger partial charge in [0.1, 0.15) is 5.82 Å². The summed E-state index contributed by atoms with van der Waals surface area (Å²) >= 11 is 1.67. The molecule has 2 heterocycles. The highest BCUT2D eigenvalue weighted by Crippen LogP contribution is 2.28. The zero-order valence-corrected chi connectivity index (χ0v) is 18.4. The smallest absolute Gasteiger partial charge is 0.193 e. The second kappa shape index (κ2) is 9.28. The summed E-state index contributed by atoms with van der Waals surface area (Å²) in [4.78, 5) is 17.5. The van der Waals surface area contributed by atoms with E-state index in [1.165, 1.54) is 5.56 Å². The number of thioether (sulfide) groups is 1. The molecular weight excluding hydrogens is 414 g/mol. The van der Waals surface area contributed by atoms with Crippen LogP contribution >= 0.6 is 11.8 Å². The maximum absolute atomic E-state index is 13.0. The fraction of sp³-hybridized carbons (Fsp3) is 0.111. The average Bonchev–Trinajstić information content (AvgIpc) is 2.85. The van der Waals surface area contributed by atoms with Crippen LogP contribution in [-0.4, -0.2) is 9.55 Å². The molecule has 0 bridgehead atoms. The maximum Gasteiger partial charge on any atom is 0.193 e. The van der Waals surface area contributed by atoms with Crippen molar-refractivity contribution in [3.8, 4) is 5.69 Å². The van der Waals surface area contributed by atoms with Crippen molar-refractivity contribution in [3.05, 3.63) is 119 Å². The van der Waals surface area contributed by atoms with Crippen LogP contribution < -0.4 is 10.7 Å². The van der Waals surface area contributed by atoms with Gasteiger partial charge in [0.25, 0.3) is 0 Å². The fourth-order valence-corrected chi connectivity index (χ4v) is 4.64. The summed E-state index contributed by atoms with van der Waals surface area (Å²) in [6.45, 7) is 0. The van der Waals surface area contributed by atoms with Crippen molar-refractivity contribution in [1.82, 2.24) is 9.55 Å². The number of hydrogen-bond donors (Lipinski definition) is 1. The van der Waals surface area contributed by atoms with Crippen LogP contribution in [0.15, 0.2) is 113 Å². The predicted molar refractivity (Wildman–Crippen MR) is 133 cm³/mol. The zero-order chi connectivity index (χ0) is 21.8. The standard InChI is InChI=1S/C27H23N3OS/c31-25-17-26(29-21-12-6-2-7-13-21)30(22-14-8-3-9-15-22)24-16-27(28-18-23(24)25)32-19-20-10-4-1-5-11-20/h1,3-6,8-18,29H,2,7,19H2. The Balaban J connectivity index is 1.61. The van der Waals surface area contributed by atoms with Gasteiger partial charge in [0.2, 0.25) is 0 Å². The molecule has 0 radical (unpaired) electrons. The highest BCUT2D eigenvalue weighted by atomic mass is 32.2. The normalized spacial score (nSPS) is 13.2. The molecule has 1 aliphatic carbocycles. The predicted octanol–water partition coefficient (Wildman–Crippen LogP) is 6.32. The van der Waals surface area contributed by atoms with Crippen LogP contribution in [0, 0.1) is 0 Å². The third-order valence-electron chi connectivity index (χ3n) is 5.38. The summed E-state index contributed by atoms with van der Waals surface area (Å²) in [5.41, 5.74) is 4.05. The van der Waals surface area contributed by atoms with Crippen LogP contribution in [-0.2, 0) is 5.75 Å². The molecule has 1 N–H and O–H groups in total. The van der Waals surface area contributed by atoms with Gasteiger partial charge in [-0.05, 0) is 42.7 Å². The molecule has 32 heavy (non-hydrogen) atoms. The molecule has 0 saturated carbocycles. The van der Waals surface area contributed by atoms with Gasteiger partial charge in [-0.1, -0.05) is 60.7 Å². The van der Waals surface area contributed by atoms with Gasteiger partial charge in [-0.3, -0.25) is 9.36 Å². The SMILES string of the molecule is O=c1cc(NC2=CCCC=C2)n(-c2ccccc2)c2cc(SCc3ccccc3)ncc12. The van der Waals surface area contributed by atoms with Crippen molar-refractivity contribution < 1.29 is 0 Å². The molecule has 0 spiro atoms. The molecule has 5 rings (SSSR count). The number of hydrogen-bond acceptors (Lipinski definition) is 4. The summed E-state index contributed by atoms with van der Waals surface area (Å²) in [6.07, 6.45) is 10.1. The Labute approximate surface area is 191 Å². The van der Waals surface area contributed by atoms with Crippen LogP contribution in [0.2, 0.25) is 0 Å². The Bertz CT molecular complexity index is 1360. The van der Waals surface area contributed by atoms with Crippen molar-refractivity contribution in [3.63, 3.8) is 0 Å². The summed E-state index contributed by atoms with van der Waals surface area (Å²) in [5, 5.41) is 4.96. The molecule has 0 aliphatic heterocycles. The molecule has 0 fully saturated rings. The van der Waals surface area contributed by atoms with Crippen molar-refractivity contribution >= 4 is 28.5 Å². The molecule has 1 aliphatic rings. The van der Waals surface area contributed by atoms with Crippen molar-refractivity contribution in [2.45, 2.75) is 23.6 Å². The number of allylic oxidation sites excluding steroid dienone is 3. The monoisotopic (exact) mass is 437 g/mol. The van der Waals surface area contributed by atoms with E-state index in [1.54, 1.807) is 24.0 Å². The summed E-state index contributed by atoms with van der Waals surface area (Å²) < 4.78 is 2.11. The van der Waals surface area contributed by atoms with Gasteiger partial charge >= 0.3 is 0 Å². The van der Waals surface area contributed by atoms with Crippen LogP contribution in [0.4, 0.5) is 5.82 Å². The topological polar surface area (TPSA) is 46.9 Å². The van der Waals surface area contributed by atoms with Gasteiger partial charge in [0.15, 0.2) is 5.43 Å². The van der Waals surface area contributed by atoms with E-state index in [1.807, 2.05) is 42.5 Å². The first kappa shape index (κ1) is 20.3. The molecule has 2 aromatic carbocycles. The molecule has 5 heteroatoms. The third-order valence-corrected chi connectivity index (χ3v) is 6.38. The first-order valence-corrected chi connectivity index (χ1v) is 11.7. The summed E-state index contributed by atoms with van der Waals surface area (Å²) in [7, 11) is 0. The second-order valence-electron chi connectivity index (χ2n) is 7.64. The fourth-order valence-electron chi connectivity index (χ4n) is 3.81. The van der Waals surface area contributed by atoms with E-state index in [2.05, 4.69) is 57.4 Å². The first-order chi connectivity index (χ1) is 15.8. The van der Waals surface area contributed by atoms with Gasteiger partial charge in [0, 0.05) is 29.4 Å². The Morgan fingerprint density at radius 3 is 2.50 bits per heavy atom. The number of aromatic nitrogens is 2. The minimum atomic E-state index is -0.0396. The molecule has 0 amide bonds. The lowest BCUT2D eigenvalue weighted by molar-refractivity contribution is 1.01. The lowest BCUT2D eigenvalue weighted by Gasteiger charge is -2.20. The van der Waals surface area contributed by atoms with E-state index in [0.29, 0.717) is 5.39 Å². The van der Waals surface area contributed by atoms with Gasteiger partial charge in [-0.15, -0.1) is 11.8 Å². The zero-order valence-electron chi connectivity index (χ0n) is 17.6. The van der Waals surface area contributed by atoms with E-state index >= 15 is 0 Å². The number of anilines is 1. The van der Waals surface area contributed by atoms with Crippen LogP contribution in [0.25, 0.3) is 16.6 Å². The van der Waals surface area contributed by atoms with Crippen LogP contribution in [0.1, 0.15) is 18.4 Å². The van der Waals surface area contributed by atoms with Gasteiger partial charge in [-0.25, -0.2) is 4.98 Å². The number of benzene rings is 2. The van der Waals surface area contributed by atoms with Gasteiger partial charge in [-0.2, -0.15) is 0 Å². The Morgan fingerprint density at radius 1 is 0.969 bits per heavy atom. The van der Waals surface area contributed by atoms with E-state index < -0.39 is 0 Å². The molecule has 158 valence electrons. The number of rotatable bonds is 6. The van der Waals surface area contributed by atoms with Crippen LogP contribution in [0.3, 0.4) is 0 Å². The highest BCUT2D eigenvalue weighted by Gasteiger charge is 2.14. The summed E-state index contributed by atoms with van der Waals surface area (Å²) in [5.74, 6) is 1.57. The van der Waals surface area contributed by atoms with E-state index in [0.717, 1.165) is 46.3 Å². The highest BCUT2D eigenvalue weighted by molar-refractivity contribution is 7.98. The van der Waals surface area contributed by atoms with E-state index in [4.69, 9.17) is 0 Å². The average molecular weight is 438 g/mol. The van der Waals surface area contributed by atoms with Gasteiger partial charge < -0.3 is 5.32 Å². The number of nitrogens with one attached hydrogen (secondary N) is 1. The number of nitrogens with zero attached hydrogens (tertiary/aromatic N) is 2. The number of para-hydroxylation sites is 1. The Kier molecular flexibility index (Phi) is 5.90. The minimum Gasteiger partial charge on any atom is -0.342 e. The quantitative estimate of drug-likeness (QED) is 0.358. The Morgan fingerprint density at radius 2 is 1.75 bits per heavy atom. The number of fused-ring (bicyclic) bond motifs is 1. The van der Waals surface area contributed by atoms with Crippen molar-refractivity contribution in [1.29, 1.82) is 0 Å². The van der Waals surface area contributed by atoms with Gasteiger partial charge in [0.05, 0.1) is 15.9 Å².